The molecule has 1 aliphatic rings. The summed E-state index contributed by atoms with van der Waals surface area (Å²) in [6.45, 7) is 4.02. The Kier molecular flexibility index (Phi) is 5.94. The monoisotopic (exact) mass is 308 g/mol. The van der Waals surface area contributed by atoms with E-state index in [-0.39, 0.29) is 11.9 Å². The van der Waals surface area contributed by atoms with Crippen molar-refractivity contribution in [2.75, 3.05) is 25.2 Å². The number of fused-ring (bicyclic) bond motifs is 1. The molecule has 2 N–H and O–H groups in total. The van der Waals surface area contributed by atoms with Gasteiger partial charge in [0.2, 0.25) is 5.91 Å². The summed E-state index contributed by atoms with van der Waals surface area (Å²) in [4.78, 5) is 14.3. The topological polar surface area (TPSA) is 55.6 Å². The number of benzene rings is 1. The summed E-state index contributed by atoms with van der Waals surface area (Å²) in [5.74, 6) is 1.86. The minimum absolute atomic E-state index is 0.0662. The number of nitrogens with zero attached hydrogens (tertiary/aromatic N) is 1. The summed E-state index contributed by atoms with van der Waals surface area (Å²) in [6.07, 6.45) is 3.66. The standard InChI is InChI=1S/C16H24N2O2S/c1-3-20-14-5-4-12-6-8-18(11-13(12)10-14)16(19)15(17)7-9-21-2/h4-5,10,15H,3,6-9,11,17H2,1-2H3. The molecule has 1 aliphatic heterocycles. The van der Waals surface area contributed by atoms with Gasteiger partial charge < -0.3 is 15.4 Å². The van der Waals surface area contributed by atoms with Crippen molar-refractivity contribution in [3.8, 4) is 5.75 Å². The quantitative estimate of drug-likeness (QED) is 0.874. The van der Waals surface area contributed by atoms with E-state index in [4.69, 9.17) is 10.5 Å². The predicted molar refractivity (Wildman–Crippen MR) is 87.7 cm³/mol. The van der Waals surface area contributed by atoms with Gasteiger partial charge in [-0.1, -0.05) is 6.07 Å². The molecule has 0 aromatic heterocycles. The Labute approximate surface area is 131 Å². The minimum atomic E-state index is -0.380. The van der Waals surface area contributed by atoms with Gasteiger partial charge in [0, 0.05) is 13.1 Å². The molecule has 0 spiro atoms. The van der Waals surface area contributed by atoms with Gasteiger partial charge in [0.05, 0.1) is 12.6 Å². The zero-order valence-corrected chi connectivity index (χ0v) is 13.6. The van der Waals surface area contributed by atoms with Crippen LogP contribution in [0, 0.1) is 0 Å². The molecule has 0 fully saturated rings. The van der Waals surface area contributed by atoms with Crippen LogP contribution in [0.2, 0.25) is 0 Å². The number of ether oxygens (including phenoxy) is 1. The molecular weight excluding hydrogens is 284 g/mol. The zero-order chi connectivity index (χ0) is 15.2. The summed E-state index contributed by atoms with van der Waals surface area (Å²) < 4.78 is 5.54. The molecule has 0 saturated carbocycles. The van der Waals surface area contributed by atoms with Crippen LogP contribution in [0.5, 0.6) is 5.75 Å². The van der Waals surface area contributed by atoms with Crippen molar-refractivity contribution in [2.24, 2.45) is 5.73 Å². The second-order valence-corrected chi connectivity index (χ2v) is 6.25. The van der Waals surface area contributed by atoms with Gasteiger partial charge in [0.15, 0.2) is 0 Å². The lowest BCUT2D eigenvalue weighted by atomic mass is 9.98. The first kappa shape index (κ1) is 16.2. The van der Waals surface area contributed by atoms with Crippen LogP contribution in [0.1, 0.15) is 24.5 Å². The fraction of sp³-hybridized carbons (Fsp3) is 0.562. The van der Waals surface area contributed by atoms with E-state index in [1.165, 1.54) is 11.1 Å². The van der Waals surface area contributed by atoms with E-state index in [2.05, 4.69) is 6.07 Å². The second-order valence-electron chi connectivity index (χ2n) is 5.26. The Balaban J connectivity index is 2.03. The lowest BCUT2D eigenvalue weighted by molar-refractivity contribution is -0.133. The van der Waals surface area contributed by atoms with E-state index in [1.54, 1.807) is 11.8 Å². The summed E-state index contributed by atoms with van der Waals surface area (Å²) in [6, 6.07) is 5.78. The molecule has 4 nitrogen and oxygen atoms in total. The average Bonchev–Trinajstić information content (AvgIpc) is 2.51. The Morgan fingerprint density at radius 3 is 3.00 bits per heavy atom. The maximum Gasteiger partial charge on any atom is 0.239 e. The maximum atomic E-state index is 12.4. The molecule has 0 saturated heterocycles. The van der Waals surface area contributed by atoms with E-state index >= 15 is 0 Å². The van der Waals surface area contributed by atoms with Crippen molar-refractivity contribution in [3.63, 3.8) is 0 Å². The molecule has 1 atom stereocenters. The van der Waals surface area contributed by atoms with E-state index in [9.17, 15) is 4.79 Å². The van der Waals surface area contributed by atoms with Crippen LogP contribution in [0.3, 0.4) is 0 Å². The number of hydrogen-bond donors (Lipinski definition) is 1. The van der Waals surface area contributed by atoms with Gasteiger partial charge >= 0.3 is 0 Å². The first-order chi connectivity index (χ1) is 10.2. The molecule has 21 heavy (non-hydrogen) atoms. The summed E-state index contributed by atoms with van der Waals surface area (Å²) in [7, 11) is 0. The Hall–Kier alpha value is -1.20. The Bertz CT molecular complexity index is 493. The Morgan fingerprint density at radius 2 is 2.29 bits per heavy atom. The van der Waals surface area contributed by atoms with Gasteiger partial charge in [-0.2, -0.15) is 11.8 Å². The van der Waals surface area contributed by atoms with Crippen LogP contribution >= 0.6 is 11.8 Å². The molecule has 116 valence electrons. The summed E-state index contributed by atoms with van der Waals surface area (Å²) in [5.41, 5.74) is 8.49. The van der Waals surface area contributed by atoms with Crippen molar-refractivity contribution in [1.82, 2.24) is 4.90 Å². The third kappa shape index (κ3) is 4.14. The van der Waals surface area contributed by atoms with Gasteiger partial charge in [-0.3, -0.25) is 4.79 Å². The number of carbonyl (C=O) groups is 1. The molecule has 0 bridgehead atoms. The van der Waals surface area contributed by atoms with Crippen LogP contribution in [0.4, 0.5) is 0 Å². The number of carbonyl (C=O) groups excluding carboxylic acids is 1. The van der Waals surface area contributed by atoms with Gasteiger partial charge in [-0.05, 0) is 55.0 Å². The van der Waals surface area contributed by atoms with E-state index < -0.39 is 0 Å². The third-order valence-electron chi connectivity index (χ3n) is 3.76. The van der Waals surface area contributed by atoms with Gasteiger partial charge in [0.1, 0.15) is 5.75 Å². The molecule has 1 heterocycles. The van der Waals surface area contributed by atoms with Gasteiger partial charge in [-0.15, -0.1) is 0 Å². The number of nitrogens with two attached hydrogens (primary N) is 1. The first-order valence-electron chi connectivity index (χ1n) is 7.43. The molecule has 0 radical (unpaired) electrons. The molecule has 2 rings (SSSR count). The highest BCUT2D eigenvalue weighted by atomic mass is 32.2. The van der Waals surface area contributed by atoms with Crippen molar-refractivity contribution < 1.29 is 9.53 Å². The normalized spacial score (nSPS) is 15.5. The van der Waals surface area contributed by atoms with Crippen LogP contribution in [-0.2, 0) is 17.8 Å². The zero-order valence-electron chi connectivity index (χ0n) is 12.8. The minimum Gasteiger partial charge on any atom is -0.494 e. The number of hydrogen-bond acceptors (Lipinski definition) is 4. The molecule has 1 amide bonds. The van der Waals surface area contributed by atoms with Crippen LogP contribution in [0.25, 0.3) is 0 Å². The lowest BCUT2D eigenvalue weighted by Gasteiger charge is -2.31. The Morgan fingerprint density at radius 1 is 1.48 bits per heavy atom. The molecule has 1 unspecified atom stereocenters. The van der Waals surface area contributed by atoms with Crippen LogP contribution < -0.4 is 10.5 Å². The van der Waals surface area contributed by atoms with Crippen molar-refractivity contribution in [1.29, 1.82) is 0 Å². The van der Waals surface area contributed by atoms with Crippen molar-refractivity contribution in [2.45, 2.75) is 32.4 Å². The first-order valence-corrected chi connectivity index (χ1v) is 8.83. The number of thioether (sulfide) groups is 1. The third-order valence-corrected chi connectivity index (χ3v) is 4.41. The van der Waals surface area contributed by atoms with Gasteiger partial charge in [-0.25, -0.2) is 0 Å². The fourth-order valence-corrected chi connectivity index (χ4v) is 3.07. The highest BCUT2D eigenvalue weighted by Crippen LogP contribution is 2.24. The predicted octanol–water partition coefficient (Wildman–Crippen LogP) is 2.05. The van der Waals surface area contributed by atoms with Crippen LogP contribution in [0.15, 0.2) is 18.2 Å². The SMILES string of the molecule is CCOc1ccc2c(c1)CN(C(=O)C(N)CCSC)CC2. The number of amides is 1. The highest BCUT2D eigenvalue weighted by Gasteiger charge is 2.24. The highest BCUT2D eigenvalue weighted by molar-refractivity contribution is 7.98. The molecule has 1 aromatic rings. The van der Waals surface area contributed by atoms with Crippen molar-refractivity contribution in [3.05, 3.63) is 29.3 Å². The van der Waals surface area contributed by atoms with E-state index in [0.717, 1.165) is 30.9 Å². The number of rotatable bonds is 6. The molecule has 0 aliphatic carbocycles. The lowest BCUT2D eigenvalue weighted by Crippen LogP contribution is -2.46. The molecule has 1 aromatic carbocycles. The molecular formula is C16H24N2O2S. The van der Waals surface area contributed by atoms with E-state index in [0.29, 0.717) is 13.2 Å². The summed E-state index contributed by atoms with van der Waals surface area (Å²) in [5, 5.41) is 0. The fourth-order valence-electron chi connectivity index (χ4n) is 2.58. The van der Waals surface area contributed by atoms with Crippen LogP contribution in [-0.4, -0.2) is 42.0 Å². The summed E-state index contributed by atoms with van der Waals surface area (Å²) >= 11 is 1.72. The molecule has 5 heteroatoms. The average molecular weight is 308 g/mol. The van der Waals surface area contributed by atoms with Crippen molar-refractivity contribution >= 4 is 17.7 Å². The van der Waals surface area contributed by atoms with Gasteiger partial charge in [0.25, 0.3) is 0 Å². The maximum absolute atomic E-state index is 12.4. The smallest absolute Gasteiger partial charge is 0.239 e. The second kappa shape index (κ2) is 7.71. The van der Waals surface area contributed by atoms with E-state index in [1.807, 2.05) is 30.2 Å². The largest absolute Gasteiger partial charge is 0.494 e.